The first-order valence-corrected chi connectivity index (χ1v) is 11.2. The number of para-hydroxylation sites is 1. The molecule has 1 saturated heterocycles. The number of nitrogens with one attached hydrogen (secondary N) is 2. The second-order valence-corrected chi connectivity index (χ2v) is 8.14. The van der Waals surface area contributed by atoms with Crippen molar-refractivity contribution >= 4 is 22.4 Å². The third kappa shape index (κ3) is 5.11. The molecule has 1 atom stereocenters. The van der Waals surface area contributed by atoms with Crippen LogP contribution in [0.25, 0.3) is 10.9 Å². The zero-order chi connectivity index (χ0) is 22.5. The quantitative estimate of drug-likeness (QED) is 0.428. The van der Waals surface area contributed by atoms with Crippen molar-refractivity contribution in [1.82, 2.24) is 20.3 Å². The number of hydrogen-bond acceptors (Lipinski definition) is 6. The summed E-state index contributed by atoms with van der Waals surface area (Å²) in [5.41, 5.74) is 3.45. The molecule has 0 amide bonds. The van der Waals surface area contributed by atoms with Crippen molar-refractivity contribution in [3.63, 3.8) is 0 Å². The van der Waals surface area contributed by atoms with Gasteiger partial charge in [0.05, 0.1) is 11.7 Å². The minimum atomic E-state index is 0.375. The maximum atomic E-state index is 6.00. The third-order valence-corrected chi connectivity index (χ3v) is 5.63. The largest absolute Gasteiger partial charge is 0.457 e. The van der Waals surface area contributed by atoms with E-state index >= 15 is 0 Å². The lowest BCUT2D eigenvalue weighted by atomic mass is 10.0. The molecule has 5 rings (SSSR count). The second-order valence-electron chi connectivity index (χ2n) is 8.14. The van der Waals surface area contributed by atoms with E-state index in [4.69, 9.17) is 4.74 Å². The summed E-state index contributed by atoms with van der Waals surface area (Å²) < 4.78 is 6.00. The zero-order valence-electron chi connectivity index (χ0n) is 18.5. The molecule has 33 heavy (non-hydrogen) atoms. The normalized spacial score (nSPS) is 15.5. The summed E-state index contributed by atoms with van der Waals surface area (Å²) in [6.45, 7) is 4.05. The lowest BCUT2D eigenvalue weighted by Gasteiger charge is -2.17. The Bertz CT molecular complexity index is 1320. The molecule has 6 heteroatoms. The van der Waals surface area contributed by atoms with Crippen LogP contribution in [-0.4, -0.2) is 28.0 Å². The van der Waals surface area contributed by atoms with Gasteiger partial charge in [-0.1, -0.05) is 24.1 Å². The van der Waals surface area contributed by atoms with Crippen LogP contribution in [0, 0.1) is 24.7 Å². The summed E-state index contributed by atoms with van der Waals surface area (Å²) >= 11 is 0. The fraction of sp³-hybridized carbons (Fsp3) is 0.222. The fourth-order valence-electron chi connectivity index (χ4n) is 3.87. The van der Waals surface area contributed by atoms with E-state index in [1.54, 1.807) is 12.5 Å². The van der Waals surface area contributed by atoms with Crippen molar-refractivity contribution in [1.29, 1.82) is 0 Å². The molecule has 4 aromatic rings. The van der Waals surface area contributed by atoms with E-state index in [0.29, 0.717) is 5.92 Å². The number of ether oxygens (including phenoxy) is 1. The molecule has 2 N–H and O–H groups in total. The monoisotopic (exact) mass is 435 g/mol. The summed E-state index contributed by atoms with van der Waals surface area (Å²) in [7, 11) is 0. The van der Waals surface area contributed by atoms with Gasteiger partial charge in [0.1, 0.15) is 29.3 Å². The first kappa shape index (κ1) is 20.9. The Labute approximate surface area is 193 Å². The van der Waals surface area contributed by atoms with Gasteiger partial charge in [-0.05, 0) is 74.2 Å². The summed E-state index contributed by atoms with van der Waals surface area (Å²) in [6, 6.07) is 17.7. The first-order valence-electron chi connectivity index (χ1n) is 11.2. The van der Waals surface area contributed by atoms with Crippen molar-refractivity contribution in [2.75, 3.05) is 18.4 Å². The summed E-state index contributed by atoms with van der Waals surface area (Å²) in [4.78, 5) is 13.3. The average molecular weight is 436 g/mol. The molecule has 0 aliphatic carbocycles. The lowest BCUT2D eigenvalue weighted by molar-refractivity contribution is 0.449. The number of fused-ring (bicyclic) bond motifs is 1. The van der Waals surface area contributed by atoms with Gasteiger partial charge in [-0.3, -0.25) is 0 Å². The number of rotatable bonds is 4. The van der Waals surface area contributed by atoms with E-state index < -0.39 is 0 Å². The highest BCUT2D eigenvalue weighted by Crippen LogP contribution is 2.29. The summed E-state index contributed by atoms with van der Waals surface area (Å²) in [5.74, 6) is 9.32. The Hall–Kier alpha value is -3.95. The number of anilines is 2. The van der Waals surface area contributed by atoms with Gasteiger partial charge in [0.2, 0.25) is 0 Å². The standard InChI is InChI=1S/C27H25N5O/c1-19-14-22(11-12-26(19)33-23-7-3-2-4-8-23)32-27-24-15-21(29-17-25(24)30-18-31-27)10-9-20-6-5-13-28-16-20/h2-4,7-8,11-12,14-15,17-18,20,28H,5-6,13,16H2,1H3,(H,30,31,32). The molecule has 3 heterocycles. The molecule has 2 aromatic heterocycles. The van der Waals surface area contributed by atoms with Crippen molar-refractivity contribution in [3.8, 4) is 23.3 Å². The molecule has 164 valence electrons. The molecule has 1 aliphatic rings. The summed E-state index contributed by atoms with van der Waals surface area (Å²) in [6.07, 6.45) is 5.60. The molecule has 1 aliphatic heterocycles. The number of benzene rings is 2. The highest BCUT2D eigenvalue weighted by molar-refractivity contribution is 5.90. The fourth-order valence-corrected chi connectivity index (χ4v) is 3.87. The van der Waals surface area contributed by atoms with Crippen LogP contribution >= 0.6 is 0 Å². The van der Waals surface area contributed by atoms with Gasteiger partial charge >= 0.3 is 0 Å². The Morgan fingerprint density at radius 2 is 1.97 bits per heavy atom. The predicted molar refractivity (Wildman–Crippen MR) is 131 cm³/mol. The van der Waals surface area contributed by atoms with Crippen molar-refractivity contribution < 1.29 is 4.74 Å². The van der Waals surface area contributed by atoms with Gasteiger partial charge in [0.25, 0.3) is 0 Å². The van der Waals surface area contributed by atoms with Gasteiger partial charge < -0.3 is 15.4 Å². The maximum Gasteiger partial charge on any atom is 0.141 e. The van der Waals surface area contributed by atoms with Crippen LogP contribution < -0.4 is 15.4 Å². The predicted octanol–water partition coefficient (Wildman–Crippen LogP) is 5.22. The second kappa shape index (κ2) is 9.68. The molecular weight excluding hydrogens is 410 g/mol. The van der Waals surface area contributed by atoms with E-state index in [2.05, 4.69) is 37.4 Å². The number of hydrogen-bond donors (Lipinski definition) is 2. The highest BCUT2D eigenvalue weighted by atomic mass is 16.5. The van der Waals surface area contributed by atoms with Crippen LogP contribution in [0.5, 0.6) is 11.5 Å². The first-order chi connectivity index (χ1) is 16.2. The number of aromatic nitrogens is 3. The van der Waals surface area contributed by atoms with Crippen LogP contribution in [0.1, 0.15) is 24.1 Å². The van der Waals surface area contributed by atoms with Crippen LogP contribution in [0.4, 0.5) is 11.5 Å². The van der Waals surface area contributed by atoms with Crippen molar-refractivity contribution in [2.24, 2.45) is 5.92 Å². The highest BCUT2D eigenvalue weighted by Gasteiger charge is 2.10. The molecule has 0 radical (unpaired) electrons. The third-order valence-electron chi connectivity index (χ3n) is 5.63. The van der Waals surface area contributed by atoms with E-state index in [1.807, 2.05) is 61.5 Å². The Balaban J connectivity index is 1.38. The molecule has 2 aromatic carbocycles. The summed E-state index contributed by atoms with van der Waals surface area (Å²) in [5, 5.41) is 7.71. The average Bonchev–Trinajstić information content (AvgIpc) is 2.86. The maximum absolute atomic E-state index is 6.00. The van der Waals surface area contributed by atoms with Crippen LogP contribution in [0.3, 0.4) is 0 Å². The van der Waals surface area contributed by atoms with E-state index in [1.165, 1.54) is 6.42 Å². The van der Waals surface area contributed by atoms with Gasteiger partial charge in [-0.2, -0.15) is 0 Å². The van der Waals surface area contributed by atoms with Crippen LogP contribution in [0.15, 0.2) is 67.1 Å². The smallest absolute Gasteiger partial charge is 0.141 e. The molecular formula is C27H25N5O. The molecule has 1 fully saturated rings. The number of nitrogens with zero attached hydrogens (tertiary/aromatic N) is 3. The number of pyridine rings is 1. The van der Waals surface area contributed by atoms with Gasteiger partial charge in [0, 0.05) is 23.5 Å². The molecule has 6 nitrogen and oxygen atoms in total. The lowest BCUT2D eigenvalue weighted by Crippen LogP contribution is -2.28. The number of aryl methyl sites for hydroxylation is 1. The Morgan fingerprint density at radius 3 is 2.79 bits per heavy atom. The minimum Gasteiger partial charge on any atom is -0.457 e. The topological polar surface area (TPSA) is 72.0 Å². The Morgan fingerprint density at radius 1 is 1.06 bits per heavy atom. The van der Waals surface area contributed by atoms with Gasteiger partial charge in [-0.15, -0.1) is 0 Å². The van der Waals surface area contributed by atoms with E-state index in [9.17, 15) is 0 Å². The molecule has 0 bridgehead atoms. The zero-order valence-corrected chi connectivity index (χ0v) is 18.5. The Kier molecular flexibility index (Phi) is 6.14. The molecule has 1 unspecified atom stereocenters. The van der Waals surface area contributed by atoms with Crippen molar-refractivity contribution in [2.45, 2.75) is 19.8 Å². The minimum absolute atomic E-state index is 0.375. The van der Waals surface area contributed by atoms with E-state index in [-0.39, 0.29) is 0 Å². The van der Waals surface area contributed by atoms with Gasteiger partial charge in [-0.25, -0.2) is 15.0 Å². The molecule has 0 saturated carbocycles. The SMILES string of the molecule is Cc1cc(Nc2ncnc3cnc(C#CC4CCCNC4)cc23)ccc1Oc1ccccc1. The van der Waals surface area contributed by atoms with Gasteiger partial charge in [0.15, 0.2) is 0 Å². The van der Waals surface area contributed by atoms with Crippen molar-refractivity contribution in [3.05, 3.63) is 78.4 Å². The molecule has 0 spiro atoms. The number of piperidine rings is 1. The van der Waals surface area contributed by atoms with Crippen LogP contribution in [-0.2, 0) is 0 Å². The van der Waals surface area contributed by atoms with Crippen LogP contribution in [0.2, 0.25) is 0 Å². The van der Waals surface area contributed by atoms with E-state index in [0.717, 1.165) is 64.7 Å².